The molecule has 5 nitrogen and oxygen atoms in total. The first-order valence-corrected chi connectivity index (χ1v) is 8.78. The molecule has 3 rings (SSSR count). The molecule has 0 aliphatic rings. The second-order valence-electron chi connectivity index (χ2n) is 5.07. The summed E-state index contributed by atoms with van der Waals surface area (Å²) in [4.78, 5) is 12.0. The third-order valence-corrected chi connectivity index (χ3v) is 4.79. The van der Waals surface area contributed by atoms with Gasteiger partial charge in [-0.3, -0.25) is 9.20 Å². The number of carbonyl (C=O) groups is 1. The molecular weight excluding hydrogens is 412 g/mol. The van der Waals surface area contributed by atoms with Crippen LogP contribution in [-0.2, 0) is 11.0 Å². The normalized spacial score (nSPS) is 11.7. The summed E-state index contributed by atoms with van der Waals surface area (Å²) in [5.74, 6) is -0.488. The van der Waals surface area contributed by atoms with Crippen molar-refractivity contribution in [3.63, 3.8) is 0 Å². The van der Waals surface area contributed by atoms with Crippen LogP contribution < -0.4 is 5.32 Å². The monoisotopic (exact) mass is 420 g/mol. The van der Waals surface area contributed by atoms with Crippen molar-refractivity contribution < 1.29 is 18.0 Å². The van der Waals surface area contributed by atoms with Gasteiger partial charge in [0.2, 0.25) is 5.91 Å². The molecule has 1 aromatic carbocycles. The zero-order chi connectivity index (χ0) is 18.9. The standard InChI is InChI=1S/C15H9Cl2F3N4OS/c16-9-3-1-2-4-11(9)21-12(25)7-26-14-23-22-13-10(17)5-8(6-24(13)14)15(18,19)20/h1-6H,7H2,(H,21,25). The number of rotatable bonds is 4. The molecule has 0 saturated carbocycles. The van der Waals surface area contributed by atoms with Gasteiger partial charge < -0.3 is 5.32 Å². The maximum Gasteiger partial charge on any atom is 0.417 e. The van der Waals surface area contributed by atoms with E-state index in [4.69, 9.17) is 23.2 Å². The van der Waals surface area contributed by atoms with Crippen LogP contribution in [0.2, 0.25) is 10.0 Å². The average Bonchev–Trinajstić information content (AvgIpc) is 2.98. The molecule has 2 aromatic heterocycles. The summed E-state index contributed by atoms with van der Waals surface area (Å²) in [6.45, 7) is 0. The molecule has 136 valence electrons. The van der Waals surface area contributed by atoms with Gasteiger partial charge in [0.1, 0.15) is 0 Å². The van der Waals surface area contributed by atoms with E-state index in [0.29, 0.717) is 10.7 Å². The topological polar surface area (TPSA) is 59.3 Å². The fraction of sp³-hybridized carbons (Fsp3) is 0.133. The van der Waals surface area contributed by atoms with Crippen LogP contribution in [-0.4, -0.2) is 26.3 Å². The minimum absolute atomic E-state index is 0.0775. The van der Waals surface area contributed by atoms with Crippen LogP contribution >= 0.6 is 35.0 Å². The molecule has 2 heterocycles. The van der Waals surface area contributed by atoms with Crippen LogP contribution in [0.4, 0.5) is 18.9 Å². The molecule has 0 fully saturated rings. The number of halogens is 5. The zero-order valence-corrected chi connectivity index (χ0v) is 15.0. The van der Waals surface area contributed by atoms with Crippen LogP contribution in [0.25, 0.3) is 5.65 Å². The highest BCUT2D eigenvalue weighted by atomic mass is 35.5. The van der Waals surface area contributed by atoms with Crippen molar-refractivity contribution in [2.45, 2.75) is 11.3 Å². The summed E-state index contributed by atoms with van der Waals surface area (Å²) < 4.78 is 39.9. The summed E-state index contributed by atoms with van der Waals surface area (Å²) in [6.07, 6.45) is -3.72. The summed E-state index contributed by atoms with van der Waals surface area (Å²) in [7, 11) is 0. The lowest BCUT2D eigenvalue weighted by Crippen LogP contribution is -2.14. The Morgan fingerprint density at radius 2 is 1.92 bits per heavy atom. The summed E-state index contributed by atoms with van der Waals surface area (Å²) in [6, 6.07) is 7.46. The number of nitrogens with one attached hydrogen (secondary N) is 1. The van der Waals surface area contributed by atoms with E-state index in [1.54, 1.807) is 24.3 Å². The molecule has 0 aliphatic carbocycles. The van der Waals surface area contributed by atoms with E-state index in [2.05, 4.69) is 15.5 Å². The molecule has 0 radical (unpaired) electrons. The van der Waals surface area contributed by atoms with Crippen molar-refractivity contribution >= 4 is 52.2 Å². The van der Waals surface area contributed by atoms with Crippen molar-refractivity contribution in [3.05, 3.63) is 52.1 Å². The maximum absolute atomic E-state index is 12.9. The molecule has 0 bridgehead atoms. The lowest BCUT2D eigenvalue weighted by Gasteiger charge is -2.09. The number of thioether (sulfide) groups is 1. The highest BCUT2D eigenvalue weighted by molar-refractivity contribution is 7.99. The minimum Gasteiger partial charge on any atom is -0.324 e. The van der Waals surface area contributed by atoms with Crippen molar-refractivity contribution in [1.82, 2.24) is 14.6 Å². The number of pyridine rings is 1. The first kappa shape index (κ1) is 18.8. The van der Waals surface area contributed by atoms with Crippen LogP contribution in [0.3, 0.4) is 0 Å². The van der Waals surface area contributed by atoms with Gasteiger partial charge in [-0.25, -0.2) is 0 Å². The Hall–Kier alpha value is -1.97. The zero-order valence-electron chi connectivity index (χ0n) is 12.7. The molecule has 0 aliphatic heterocycles. The van der Waals surface area contributed by atoms with Gasteiger partial charge in [0, 0.05) is 6.20 Å². The van der Waals surface area contributed by atoms with Crippen molar-refractivity contribution in [2.75, 3.05) is 11.1 Å². The number of carbonyl (C=O) groups excluding carboxylic acids is 1. The summed E-state index contributed by atoms with van der Waals surface area (Å²) in [5, 5.41) is 10.5. The molecule has 0 saturated heterocycles. The van der Waals surface area contributed by atoms with Crippen LogP contribution in [0, 0.1) is 0 Å². The van der Waals surface area contributed by atoms with Crippen LogP contribution in [0.5, 0.6) is 0 Å². The molecule has 0 spiro atoms. The van der Waals surface area contributed by atoms with E-state index >= 15 is 0 Å². The number of anilines is 1. The van der Waals surface area contributed by atoms with E-state index < -0.39 is 17.6 Å². The third-order valence-electron chi connectivity index (χ3n) is 3.24. The quantitative estimate of drug-likeness (QED) is 0.616. The molecule has 1 N–H and O–H groups in total. The minimum atomic E-state index is -4.56. The van der Waals surface area contributed by atoms with Crippen molar-refractivity contribution in [1.29, 1.82) is 0 Å². The number of hydrogen-bond acceptors (Lipinski definition) is 4. The first-order chi connectivity index (χ1) is 12.3. The molecule has 1 amide bonds. The number of amides is 1. The molecule has 3 aromatic rings. The van der Waals surface area contributed by atoms with Gasteiger partial charge in [-0.2, -0.15) is 13.2 Å². The summed E-state index contributed by atoms with van der Waals surface area (Å²) in [5.41, 5.74) is -0.417. The Labute approximate surface area is 159 Å². The number of para-hydroxylation sites is 1. The Kier molecular flexibility index (Phi) is 5.31. The molecule has 26 heavy (non-hydrogen) atoms. The maximum atomic E-state index is 12.9. The lowest BCUT2D eigenvalue weighted by molar-refractivity contribution is -0.137. The van der Waals surface area contributed by atoms with Gasteiger partial charge in [0.15, 0.2) is 10.8 Å². The average molecular weight is 421 g/mol. The van der Waals surface area contributed by atoms with E-state index in [1.807, 2.05) is 0 Å². The molecule has 0 unspecified atom stereocenters. The van der Waals surface area contributed by atoms with Gasteiger partial charge in [-0.1, -0.05) is 47.1 Å². The van der Waals surface area contributed by atoms with E-state index in [-0.39, 0.29) is 21.6 Å². The highest BCUT2D eigenvalue weighted by Gasteiger charge is 2.32. The third kappa shape index (κ3) is 4.05. The molecule has 0 atom stereocenters. The van der Waals surface area contributed by atoms with Gasteiger partial charge in [-0.05, 0) is 18.2 Å². The SMILES string of the molecule is O=C(CSc1nnc2c(Cl)cc(C(F)(F)F)cn12)Nc1ccccc1Cl. The number of nitrogens with zero attached hydrogens (tertiary/aromatic N) is 3. The molecule has 11 heteroatoms. The first-order valence-electron chi connectivity index (χ1n) is 7.04. The van der Waals surface area contributed by atoms with Crippen LogP contribution in [0.1, 0.15) is 5.56 Å². The van der Waals surface area contributed by atoms with E-state index in [1.165, 1.54) is 0 Å². The molecular formula is C15H9Cl2F3N4OS. The van der Waals surface area contributed by atoms with Crippen molar-refractivity contribution in [2.24, 2.45) is 0 Å². The van der Waals surface area contributed by atoms with Gasteiger partial charge in [0.05, 0.1) is 27.0 Å². The van der Waals surface area contributed by atoms with Gasteiger partial charge >= 0.3 is 6.18 Å². The number of benzene rings is 1. The second-order valence-corrected chi connectivity index (χ2v) is 6.82. The van der Waals surface area contributed by atoms with E-state index in [9.17, 15) is 18.0 Å². The number of hydrogen-bond donors (Lipinski definition) is 1. The lowest BCUT2D eigenvalue weighted by atomic mass is 10.3. The van der Waals surface area contributed by atoms with E-state index in [0.717, 1.165) is 28.4 Å². The smallest absolute Gasteiger partial charge is 0.324 e. The van der Waals surface area contributed by atoms with Gasteiger partial charge in [0.25, 0.3) is 0 Å². The Balaban J connectivity index is 1.78. The second kappa shape index (κ2) is 7.34. The number of alkyl halides is 3. The summed E-state index contributed by atoms with van der Waals surface area (Å²) >= 11 is 12.7. The Morgan fingerprint density at radius 1 is 1.19 bits per heavy atom. The highest BCUT2D eigenvalue weighted by Crippen LogP contribution is 2.33. The largest absolute Gasteiger partial charge is 0.417 e. The fourth-order valence-electron chi connectivity index (χ4n) is 2.07. The number of aromatic nitrogens is 3. The predicted octanol–water partition coefficient (Wildman–Crippen LogP) is 4.79. The Morgan fingerprint density at radius 3 is 2.62 bits per heavy atom. The number of fused-ring (bicyclic) bond motifs is 1. The Bertz CT molecular complexity index is 977. The van der Waals surface area contributed by atoms with Crippen molar-refractivity contribution in [3.8, 4) is 0 Å². The predicted molar refractivity (Wildman–Crippen MR) is 93.8 cm³/mol. The van der Waals surface area contributed by atoms with Gasteiger partial charge in [-0.15, -0.1) is 10.2 Å². The van der Waals surface area contributed by atoms with Crippen LogP contribution in [0.15, 0.2) is 41.7 Å². The fourth-order valence-corrected chi connectivity index (χ4v) is 3.20.